The van der Waals surface area contributed by atoms with E-state index in [1.54, 1.807) is 0 Å². The molecule has 0 saturated carbocycles. The highest BCUT2D eigenvalue weighted by molar-refractivity contribution is 5.66. The standard InChI is InChI=1S/C11H13NO3/c1-6(13)15-11-8-5-3-2-4-7(8)9(12)10(11)14/h2-5,9-11,14H,12H2,1H3. The molecule has 4 heteroatoms. The zero-order chi connectivity index (χ0) is 11.0. The summed E-state index contributed by atoms with van der Waals surface area (Å²) in [6.07, 6.45) is -1.49. The molecule has 1 aliphatic rings. The van der Waals surface area contributed by atoms with Crippen LogP contribution in [0.5, 0.6) is 0 Å². The maximum absolute atomic E-state index is 10.9. The van der Waals surface area contributed by atoms with Gasteiger partial charge in [0.1, 0.15) is 6.10 Å². The van der Waals surface area contributed by atoms with Crippen molar-refractivity contribution in [3.8, 4) is 0 Å². The molecular weight excluding hydrogens is 194 g/mol. The molecule has 0 aliphatic heterocycles. The van der Waals surface area contributed by atoms with Crippen LogP contribution in [0.25, 0.3) is 0 Å². The van der Waals surface area contributed by atoms with Crippen molar-refractivity contribution < 1.29 is 14.6 Å². The number of aliphatic hydroxyl groups is 1. The maximum atomic E-state index is 10.9. The van der Waals surface area contributed by atoms with Gasteiger partial charge in [0.2, 0.25) is 0 Å². The quantitative estimate of drug-likeness (QED) is 0.664. The van der Waals surface area contributed by atoms with Gasteiger partial charge in [0.25, 0.3) is 0 Å². The van der Waals surface area contributed by atoms with Crippen LogP contribution in [0.4, 0.5) is 0 Å². The summed E-state index contributed by atoms with van der Waals surface area (Å²) in [7, 11) is 0. The van der Waals surface area contributed by atoms with E-state index in [2.05, 4.69) is 0 Å². The third kappa shape index (κ3) is 1.62. The van der Waals surface area contributed by atoms with E-state index in [9.17, 15) is 9.90 Å². The van der Waals surface area contributed by atoms with Crippen LogP contribution < -0.4 is 5.73 Å². The van der Waals surface area contributed by atoms with Gasteiger partial charge in [-0.15, -0.1) is 0 Å². The number of benzene rings is 1. The molecule has 80 valence electrons. The lowest BCUT2D eigenvalue weighted by Gasteiger charge is -2.17. The predicted octanol–water partition coefficient (Wildman–Crippen LogP) is 0.665. The molecule has 2 rings (SSSR count). The number of hydrogen-bond donors (Lipinski definition) is 2. The van der Waals surface area contributed by atoms with Crippen molar-refractivity contribution in [3.05, 3.63) is 35.4 Å². The van der Waals surface area contributed by atoms with E-state index in [1.165, 1.54) is 6.92 Å². The Hall–Kier alpha value is -1.39. The molecule has 0 radical (unpaired) electrons. The molecule has 1 aromatic carbocycles. The fourth-order valence-corrected chi connectivity index (χ4v) is 1.94. The summed E-state index contributed by atoms with van der Waals surface area (Å²) >= 11 is 0. The monoisotopic (exact) mass is 207 g/mol. The van der Waals surface area contributed by atoms with Gasteiger partial charge >= 0.3 is 5.97 Å². The summed E-state index contributed by atoms with van der Waals surface area (Å²) in [6, 6.07) is 6.86. The maximum Gasteiger partial charge on any atom is 0.303 e. The molecule has 4 nitrogen and oxygen atoms in total. The van der Waals surface area contributed by atoms with Crippen molar-refractivity contribution in [2.24, 2.45) is 5.73 Å². The van der Waals surface area contributed by atoms with Crippen LogP contribution in [0.1, 0.15) is 30.2 Å². The molecule has 1 aliphatic carbocycles. The number of nitrogens with two attached hydrogens (primary N) is 1. The summed E-state index contributed by atoms with van der Waals surface area (Å²) in [4.78, 5) is 10.9. The normalized spacial score (nSPS) is 28.6. The smallest absolute Gasteiger partial charge is 0.303 e. The van der Waals surface area contributed by atoms with Gasteiger partial charge < -0.3 is 15.6 Å². The largest absolute Gasteiger partial charge is 0.455 e. The first-order chi connectivity index (χ1) is 7.11. The SMILES string of the molecule is CC(=O)OC1c2ccccc2C(N)C1O. The van der Waals surface area contributed by atoms with Crippen LogP contribution >= 0.6 is 0 Å². The highest BCUT2D eigenvalue weighted by Crippen LogP contribution is 2.39. The predicted molar refractivity (Wildman–Crippen MR) is 53.9 cm³/mol. The lowest BCUT2D eigenvalue weighted by molar-refractivity contribution is -0.152. The second kappa shape index (κ2) is 3.64. The number of aliphatic hydroxyl groups excluding tert-OH is 1. The Balaban J connectivity index is 2.37. The number of hydrogen-bond acceptors (Lipinski definition) is 4. The minimum absolute atomic E-state index is 0.414. The zero-order valence-corrected chi connectivity index (χ0v) is 8.38. The van der Waals surface area contributed by atoms with Crippen molar-refractivity contribution in [1.82, 2.24) is 0 Å². The topological polar surface area (TPSA) is 72.5 Å². The second-order valence-corrected chi connectivity index (χ2v) is 3.68. The third-order valence-corrected chi connectivity index (χ3v) is 2.63. The molecule has 0 saturated heterocycles. The average molecular weight is 207 g/mol. The van der Waals surface area contributed by atoms with Crippen LogP contribution in [0, 0.1) is 0 Å². The summed E-state index contributed by atoms with van der Waals surface area (Å²) in [5.41, 5.74) is 7.46. The van der Waals surface area contributed by atoms with E-state index in [4.69, 9.17) is 10.5 Å². The lowest BCUT2D eigenvalue weighted by atomic mass is 10.1. The van der Waals surface area contributed by atoms with E-state index < -0.39 is 24.2 Å². The van der Waals surface area contributed by atoms with Gasteiger partial charge in [-0.2, -0.15) is 0 Å². The second-order valence-electron chi connectivity index (χ2n) is 3.68. The Morgan fingerprint density at radius 3 is 2.60 bits per heavy atom. The Labute approximate surface area is 87.7 Å². The van der Waals surface area contributed by atoms with E-state index in [0.717, 1.165) is 11.1 Å². The van der Waals surface area contributed by atoms with Crippen LogP contribution in [-0.4, -0.2) is 17.2 Å². The minimum Gasteiger partial charge on any atom is -0.455 e. The Morgan fingerprint density at radius 1 is 1.40 bits per heavy atom. The molecule has 3 atom stereocenters. The van der Waals surface area contributed by atoms with Crippen LogP contribution in [0.2, 0.25) is 0 Å². The van der Waals surface area contributed by atoms with Crippen molar-refractivity contribution >= 4 is 5.97 Å². The molecule has 3 unspecified atom stereocenters. The van der Waals surface area contributed by atoms with Crippen molar-refractivity contribution in [2.45, 2.75) is 25.2 Å². The van der Waals surface area contributed by atoms with Crippen molar-refractivity contribution in [3.63, 3.8) is 0 Å². The van der Waals surface area contributed by atoms with Crippen molar-refractivity contribution in [2.75, 3.05) is 0 Å². The lowest BCUT2D eigenvalue weighted by Crippen LogP contribution is -2.26. The number of fused-ring (bicyclic) bond motifs is 1. The molecule has 0 amide bonds. The number of carbonyl (C=O) groups is 1. The Bertz CT molecular complexity index is 391. The van der Waals surface area contributed by atoms with Gasteiger partial charge in [0.05, 0.1) is 6.04 Å². The highest BCUT2D eigenvalue weighted by Gasteiger charge is 2.39. The zero-order valence-electron chi connectivity index (χ0n) is 8.38. The summed E-state index contributed by atoms with van der Waals surface area (Å²) in [6.45, 7) is 1.32. The molecule has 1 aromatic rings. The number of carbonyl (C=O) groups excluding carboxylic acids is 1. The molecule has 0 heterocycles. The molecule has 0 aromatic heterocycles. The fourth-order valence-electron chi connectivity index (χ4n) is 1.94. The van der Waals surface area contributed by atoms with Crippen LogP contribution in [0.15, 0.2) is 24.3 Å². The first-order valence-corrected chi connectivity index (χ1v) is 4.81. The number of ether oxygens (including phenoxy) is 1. The fraction of sp³-hybridized carbons (Fsp3) is 0.364. The average Bonchev–Trinajstić information content (AvgIpc) is 2.44. The van der Waals surface area contributed by atoms with Crippen LogP contribution in [0.3, 0.4) is 0 Å². The third-order valence-electron chi connectivity index (χ3n) is 2.63. The summed E-state index contributed by atoms with van der Waals surface area (Å²) in [5, 5.41) is 9.83. The molecule has 0 fully saturated rings. The first-order valence-electron chi connectivity index (χ1n) is 4.81. The number of esters is 1. The van der Waals surface area contributed by atoms with E-state index in [-0.39, 0.29) is 0 Å². The minimum atomic E-state index is -0.855. The van der Waals surface area contributed by atoms with Gasteiger partial charge in [0, 0.05) is 12.5 Å². The van der Waals surface area contributed by atoms with Gasteiger partial charge in [-0.3, -0.25) is 4.79 Å². The van der Waals surface area contributed by atoms with E-state index >= 15 is 0 Å². The van der Waals surface area contributed by atoms with Gasteiger partial charge in [-0.1, -0.05) is 24.3 Å². The van der Waals surface area contributed by atoms with Crippen molar-refractivity contribution in [1.29, 1.82) is 0 Å². The van der Waals surface area contributed by atoms with E-state index in [0.29, 0.717) is 0 Å². The van der Waals surface area contributed by atoms with Gasteiger partial charge in [-0.25, -0.2) is 0 Å². The Kier molecular flexibility index (Phi) is 2.46. The van der Waals surface area contributed by atoms with Gasteiger partial charge in [-0.05, 0) is 5.56 Å². The summed E-state index contributed by atoms with van der Waals surface area (Å²) < 4.78 is 5.05. The van der Waals surface area contributed by atoms with Gasteiger partial charge in [0.15, 0.2) is 6.10 Å². The Morgan fingerprint density at radius 2 is 2.00 bits per heavy atom. The molecule has 0 bridgehead atoms. The number of rotatable bonds is 1. The van der Waals surface area contributed by atoms with E-state index in [1.807, 2.05) is 24.3 Å². The molecular formula is C11H13NO3. The summed E-state index contributed by atoms with van der Waals surface area (Å²) in [5.74, 6) is -0.414. The molecule has 15 heavy (non-hydrogen) atoms. The first kappa shape index (κ1) is 10.1. The molecule has 0 spiro atoms. The highest BCUT2D eigenvalue weighted by atomic mass is 16.6. The molecule has 3 N–H and O–H groups in total. The van der Waals surface area contributed by atoms with Crippen LogP contribution in [-0.2, 0) is 9.53 Å².